The highest BCUT2D eigenvalue weighted by Gasteiger charge is 2.32. The fourth-order valence-corrected chi connectivity index (χ4v) is 1.48. The highest BCUT2D eigenvalue weighted by Crippen LogP contribution is 2.14. The van der Waals surface area contributed by atoms with Crippen LogP contribution < -0.4 is 10.6 Å². The van der Waals surface area contributed by atoms with Gasteiger partial charge in [0.25, 0.3) is 0 Å². The molecule has 1 aromatic rings. The SMILES string of the molecule is CC1(OCC(=O)NCc2ccncn2)CNC1. The quantitative estimate of drug-likeness (QED) is 0.719. The van der Waals surface area contributed by atoms with E-state index in [1.165, 1.54) is 6.33 Å². The zero-order valence-electron chi connectivity index (χ0n) is 9.77. The van der Waals surface area contributed by atoms with Crippen LogP contribution in [0.15, 0.2) is 18.6 Å². The summed E-state index contributed by atoms with van der Waals surface area (Å²) < 4.78 is 5.51. The summed E-state index contributed by atoms with van der Waals surface area (Å²) in [7, 11) is 0. The average molecular weight is 236 g/mol. The minimum Gasteiger partial charge on any atom is -0.363 e. The third kappa shape index (κ3) is 3.47. The Morgan fingerprint density at radius 3 is 3.06 bits per heavy atom. The smallest absolute Gasteiger partial charge is 0.246 e. The van der Waals surface area contributed by atoms with Crippen LogP contribution in [0.1, 0.15) is 12.6 Å². The molecule has 1 aromatic heterocycles. The highest BCUT2D eigenvalue weighted by atomic mass is 16.5. The van der Waals surface area contributed by atoms with E-state index in [0.29, 0.717) is 6.54 Å². The number of rotatable bonds is 5. The van der Waals surface area contributed by atoms with Gasteiger partial charge in [0.15, 0.2) is 0 Å². The largest absolute Gasteiger partial charge is 0.363 e. The molecular formula is C11H16N4O2. The summed E-state index contributed by atoms with van der Waals surface area (Å²) in [6.07, 6.45) is 3.10. The first-order valence-electron chi connectivity index (χ1n) is 5.54. The standard InChI is InChI=1S/C11H16N4O2/c1-11(6-13-7-11)17-5-10(16)14-4-9-2-3-12-8-15-9/h2-3,8,13H,4-7H2,1H3,(H,14,16). The summed E-state index contributed by atoms with van der Waals surface area (Å²) in [5.74, 6) is -0.128. The Kier molecular flexibility index (Phi) is 3.65. The Morgan fingerprint density at radius 1 is 1.65 bits per heavy atom. The number of amides is 1. The molecule has 0 saturated carbocycles. The molecule has 6 nitrogen and oxygen atoms in total. The maximum Gasteiger partial charge on any atom is 0.246 e. The van der Waals surface area contributed by atoms with Gasteiger partial charge in [-0.1, -0.05) is 0 Å². The van der Waals surface area contributed by atoms with E-state index in [0.717, 1.165) is 18.8 Å². The van der Waals surface area contributed by atoms with Gasteiger partial charge in [-0.3, -0.25) is 4.79 Å². The molecule has 2 heterocycles. The van der Waals surface area contributed by atoms with Crippen LogP contribution in [0.25, 0.3) is 0 Å². The van der Waals surface area contributed by atoms with E-state index < -0.39 is 0 Å². The maximum absolute atomic E-state index is 11.5. The molecule has 0 unspecified atom stereocenters. The summed E-state index contributed by atoms with van der Waals surface area (Å²) in [6, 6.07) is 1.76. The van der Waals surface area contributed by atoms with Gasteiger partial charge in [-0.15, -0.1) is 0 Å². The Morgan fingerprint density at radius 2 is 2.47 bits per heavy atom. The summed E-state index contributed by atoms with van der Waals surface area (Å²) in [5, 5.41) is 5.85. The van der Waals surface area contributed by atoms with E-state index in [2.05, 4.69) is 20.6 Å². The summed E-state index contributed by atoms with van der Waals surface area (Å²) in [5.41, 5.74) is 0.594. The number of nitrogens with one attached hydrogen (secondary N) is 2. The lowest BCUT2D eigenvalue weighted by Crippen LogP contribution is -2.59. The van der Waals surface area contributed by atoms with Crippen LogP contribution in [-0.2, 0) is 16.1 Å². The first kappa shape index (κ1) is 11.9. The van der Waals surface area contributed by atoms with Crippen molar-refractivity contribution in [3.63, 3.8) is 0 Å². The van der Waals surface area contributed by atoms with Crippen molar-refractivity contribution < 1.29 is 9.53 Å². The molecular weight excluding hydrogens is 220 g/mol. The molecule has 1 fully saturated rings. The van der Waals surface area contributed by atoms with Gasteiger partial charge in [-0.05, 0) is 13.0 Å². The van der Waals surface area contributed by atoms with Gasteiger partial charge in [0, 0.05) is 19.3 Å². The van der Waals surface area contributed by atoms with Gasteiger partial charge in [-0.2, -0.15) is 0 Å². The van der Waals surface area contributed by atoms with Crippen LogP contribution in [0, 0.1) is 0 Å². The Labute approximate surface area is 99.8 Å². The zero-order valence-corrected chi connectivity index (χ0v) is 9.77. The number of aromatic nitrogens is 2. The van der Waals surface area contributed by atoms with Crippen LogP contribution >= 0.6 is 0 Å². The maximum atomic E-state index is 11.5. The molecule has 92 valence electrons. The number of carbonyl (C=O) groups is 1. The first-order chi connectivity index (χ1) is 8.18. The van der Waals surface area contributed by atoms with Gasteiger partial charge < -0.3 is 15.4 Å². The van der Waals surface area contributed by atoms with Crippen molar-refractivity contribution in [2.24, 2.45) is 0 Å². The summed E-state index contributed by atoms with van der Waals surface area (Å²) in [4.78, 5) is 19.3. The van der Waals surface area contributed by atoms with Crippen molar-refractivity contribution in [3.8, 4) is 0 Å². The monoisotopic (exact) mass is 236 g/mol. The van der Waals surface area contributed by atoms with Crippen LogP contribution in [-0.4, -0.2) is 41.2 Å². The van der Waals surface area contributed by atoms with Crippen molar-refractivity contribution in [3.05, 3.63) is 24.3 Å². The normalized spacial score (nSPS) is 17.2. The molecule has 0 atom stereocenters. The first-order valence-corrected chi connectivity index (χ1v) is 5.54. The Bertz CT molecular complexity index is 378. The van der Waals surface area contributed by atoms with Gasteiger partial charge in [0.05, 0.1) is 17.8 Å². The number of ether oxygens (including phenoxy) is 1. The second-order valence-electron chi connectivity index (χ2n) is 4.32. The van der Waals surface area contributed by atoms with E-state index in [-0.39, 0.29) is 18.1 Å². The second kappa shape index (κ2) is 5.20. The lowest BCUT2D eigenvalue weighted by Gasteiger charge is -2.38. The molecule has 2 N–H and O–H groups in total. The summed E-state index contributed by atoms with van der Waals surface area (Å²) >= 11 is 0. The van der Waals surface area contributed by atoms with Crippen LogP contribution in [0.5, 0.6) is 0 Å². The van der Waals surface area contributed by atoms with Crippen LogP contribution in [0.3, 0.4) is 0 Å². The molecule has 17 heavy (non-hydrogen) atoms. The fraction of sp³-hybridized carbons (Fsp3) is 0.545. The number of carbonyl (C=O) groups excluding carboxylic acids is 1. The molecule has 0 radical (unpaired) electrons. The zero-order chi connectivity index (χ0) is 12.1. The van der Waals surface area contributed by atoms with E-state index in [4.69, 9.17) is 4.74 Å². The Balaban J connectivity index is 1.67. The molecule has 1 aliphatic heterocycles. The van der Waals surface area contributed by atoms with Gasteiger partial charge >= 0.3 is 0 Å². The molecule has 1 saturated heterocycles. The molecule has 0 spiro atoms. The second-order valence-corrected chi connectivity index (χ2v) is 4.32. The lowest BCUT2D eigenvalue weighted by molar-refractivity contribution is -0.136. The number of nitrogens with zero attached hydrogens (tertiary/aromatic N) is 2. The van der Waals surface area contributed by atoms with E-state index in [1.54, 1.807) is 12.3 Å². The van der Waals surface area contributed by atoms with E-state index in [9.17, 15) is 4.79 Å². The molecule has 0 bridgehead atoms. The van der Waals surface area contributed by atoms with Crippen molar-refractivity contribution >= 4 is 5.91 Å². The number of hydrogen-bond acceptors (Lipinski definition) is 5. The molecule has 1 aliphatic rings. The predicted octanol–water partition coefficient (Wildman–Crippen LogP) is -0.529. The fourth-order valence-electron chi connectivity index (χ4n) is 1.48. The third-order valence-corrected chi connectivity index (χ3v) is 2.66. The minimum absolute atomic E-state index is 0.0866. The van der Waals surface area contributed by atoms with E-state index in [1.807, 2.05) is 6.92 Å². The van der Waals surface area contributed by atoms with Gasteiger partial charge in [0.1, 0.15) is 12.9 Å². The minimum atomic E-state index is -0.188. The van der Waals surface area contributed by atoms with Crippen LogP contribution in [0.2, 0.25) is 0 Å². The van der Waals surface area contributed by atoms with Crippen molar-refractivity contribution in [1.29, 1.82) is 0 Å². The van der Waals surface area contributed by atoms with Gasteiger partial charge in [-0.25, -0.2) is 9.97 Å². The third-order valence-electron chi connectivity index (χ3n) is 2.66. The molecule has 1 amide bonds. The van der Waals surface area contributed by atoms with Crippen LogP contribution in [0.4, 0.5) is 0 Å². The van der Waals surface area contributed by atoms with Crippen molar-refractivity contribution in [2.75, 3.05) is 19.7 Å². The molecule has 0 aliphatic carbocycles. The van der Waals surface area contributed by atoms with E-state index >= 15 is 0 Å². The molecule has 0 aromatic carbocycles. The van der Waals surface area contributed by atoms with Crippen molar-refractivity contribution in [1.82, 2.24) is 20.6 Å². The highest BCUT2D eigenvalue weighted by molar-refractivity contribution is 5.77. The lowest BCUT2D eigenvalue weighted by atomic mass is 10.0. The molecule has 6 heteroatoms. The topological polar surface area (TPSA) is 76.1 Å². The average Bonchev–Trinajstić information content (AvgIpc) is 2.33. The summed E-state index contributed by atoms with van der Waals surface area (Å²) in [6.45, 7) is 4.07. The number of hydrogen-bond donors (Lipinski definition) is 2. The van der Waals surface area contributed by atoms with Gasteiger partial charge in [0.2, 0.25) is 5.91 Å². The van der Waals surface area contributed by atoms with Crippen molar-refractivity contribution in [2.45, 2.75) is 19.1 Å². The predicted molar refractivity (Wildman–Crippen MR) is 61.1 cm³/mol. The molecule has 2 rings (SSSR count). The Hall–Kier alpha value is -1.53.